The Balaban J connectivity index is 1.86. The minimum atomic E-state index is -0.507. The van der Waals surface area contributed by atoms with E-state index in [-0.39, 0.29) is 6.61 Å². The average molecular weight is 278 g/mol. The van der Waals surface area contributed by atoms with Crippen LogP contribution in [-0.4, -0.2) is 54.0 Å². The maximum absolute atomic E-state index is 10.1. The van der Waals surface area contributed by atoms with Gasteiger partial charge in [-0.15, -0.1) is 0 Å². The van der Waals surface area contributed by atoms with Crippen LogP contribution in [-0.2, 0) is 5.54 Å². The fourth-order valence-corrected chi connectivity index (χ4v) is 2.73. The average Bonchev–Trinajstić information content (AvgIpc) is 2.98. The van der Waals surface area contributed by atoms with E-state index in [2.05, 4.69) is 10.2 Å². The van der Waals surface area contributed by atoms with E-state index in [9.17, 15) is 10.2 Å². The van der Waals surface area contributed by atoms with E-state index < -0.39 is 11.6 Å². The molecule has 0 spiro atoms. The van der Waals surface area contributed by atoms with Gasteiger partial charge in [0, 0.05) is 13.1 Å². The Morgan fingerprint density at radius 3 is 2.50 bits per heavy atom. The van der Waals surface area contributed by atoms with E-state index in [0.717, 1.165) is 18.7 Å². The van der Waals surface area contributed by atoms with Crippen molar-refractivity contribution in [3.63, 3.8) is 0 Å². The van der Waals surface area contributed by atoms with Crippen LogP contribution in [0.3, 0.4) is 0 Å². The van der Waals surface area contributed by atoms with E-state index in [1.165, 1.54) is 12.8 Å². The topological polar surface area (TPSA) is 55.7 Å². The highest BCUT2D eigenvalue weighted by Crippen LogP contribution is 2.19. The number of hydrogen-bond acceptors (Lipinski definition) is 4. The van der Waals surface area contributed by atoms with Gasteiger partial charge in [0.05, 0.1) is 18.2 Å². The zero-order valence-electron chi connectivity index (χ0n) is 12.3. The maximum Gasteiger partial charge on any atom is 0.0791 e. The first-order chi connectivity index (χ1) is 9.64. The molecular formula is C16H26N2O2. The Labute approximate surface area is 121 Å². The van der Waals surface area contributed by atoms with Crippen molar-refractivity contribution in [1.82, 2.24) is 10.2 Å². The summed E-state index contributed by atoms with van der Waals surface area (Å²) in [5.41, 5.74) is 0.531. The number of nitrogens with one attached hydrogen (secondary N) is 1. The van der Waals surface area contributed by atoms with Crippen LogP contribution in [0.5, 0.6) is 0 Å². The molecule has 1 heterocycles. The van der Waals surface area contributed by atoms with Gasteiger partial charge in [-0.2, -0.15) is 0 Å². The third-order valence-corrected chi connectivity index (χ3v) is 4.12. The van der Waals surface area contributed by atoms with Crippen molar-refractivity contribution in [1.29, 1.82) is 0 Å². The van der Waals surface area contributed by atoms with Crippen molar-refractivity contribution in [2.24, 2.45) is 0 Å². The van der Waals surface area contributed by atoms with Gasteiger partial charge in [0.2, 0.25) is 0 Å². The molecule has 2 unspecified atom stereocenters. The highest BCUT2D eigenvalue weighted by Gasteiger charge is 2.26. The second-order valence-electron chi connectivity index (χ2n) is 5.90. The van der Waals surface area contributed by atoms with Crippen LogP contribution in [0.15, 0.2) is 30.3 Å². The molecule has 1 fully saturated rings. The summed E-state index contributed by atoms with van der Waals surface area (Å²) < 4.78 is 0. The number of nitrogens with zero attached hydrogens (tertiary/aromatic N) is 1. The van der Waals surface area contributed by atoms with Gasteiger partial charge in [0.1, 0.15) is 0 Å². The Morgan fingerprint density at radius 2 is 1.90 bits per heavy atom. The molecule has 1 aromatic rings. The molecule has 0 saturated carbocycles. The Hall–Kier alpha value is -0.940. The molecule has 20 heavy (non-hydrogen) atoms. The number of β-amino-alcohol motifs (C(OH)–C–C–N with tert-alkyl or cyclic N) is 1. The molecule has 2 atom stereocenters. The van der Waals surface area contributed by atoms with Gasteiger partial charge in [-0.1, -0.05) is 30.3 Å². The molecule has 0 aromatic heterocycles. The van der Waals surface area contributed by atoms with Crippen molar-refractivity contribution in [2.45, 2.75) is 31.4 Å². The maximum atomic E-state index is 10.1. The second-order valence-corrected chi connectivity index (χ2v) is 5.90. The molecule has 0 amide bonds. The third-order valence-electron chi connectivity index (χ3n) is 4.12. The standard InChI is InChI=1S/C16H26N2O2/c1-16(13-19,14-7-3-2-4-8-14)17-11-15(20)12-18-9-5-6-10-18/h2-4,7-8,15,17,19-20H,5-6,9-13H2,1H3. The molecule has 0 aliphatic carbocycles. The van der Waals surface area contributed by atoms with Crippen molar-refractivity contribution >= 4 is 0 Å². The fraction of sp³-hybridized carbons (Fsp3) is 0.625. The number of aliphatic hydroxyl groups is 2. The molecule has 1 aliphatic heterocycles. The largest absolute Gasteiger partial charge is 0.394 e. The highest BCUT2D eigenvalue weighted by molar-refractivity contribution is 5.23. The van der Waals surface area contributed by atoms with Gasteiger partial charge in [-0.3, -0.25) is 0 Å². The van der Waals surface area contributed by atoms with E-state index in [4.69, 9.17) is 0 Å². The lowest BCUT2D eigenvalue weighted by Crippen LogP contribution is -2.48. The Kier molecular flexibility index (Phi) is 5.54. The van der Waals surface area contributed by atoms with Crippen LogP contribution in [0, 0.1) is 0 Å². The highest BCUT2D eigenvalue weighted by atomic mass is 16.3. The smallest absolute Gasteiger partial charge is 0.0791 e. The van der Waals surface area contributed by atoms with Gasteiger partial charge in [0.25, 0.3) is 0 Å². The summed E-state index contributed by atoms with van der Waals surface area (Å²) in [5.74, 6) is 0. The molecule has 3 N–H and O–H groups in total. The molecular weight excluding hydrogens is 252 g/mol. The molecule has 2 rings (SSSR count). The van der Waals surface area contributed by atoms with Crippen molar-refractivity contribution < 1.29 is 10.2 Å². The van der Waals surface area contributed by atoms with Gasteiger partial charge in [-0.05, 0) is 38.4 Å². The van der Waals surface area contributed by atoms with Gasteiger partial charge >= 0.3 is 0 Å². The number of rotatable bonds is 7. The zero-order valence-corrected chi connectivity index (χ0v) is 12.3. The Bertz CT molecular complexity index is 393. The van der Waals surface area contributed by atoms with Crippen LogP contribution < -0.4 is 5.32 Å². The molecule has 0 radical (unpaired) electrons. The van der Waals surface area contributed by atoms with Crippen LogP contribution >= 0.6 is 0 Å². The lowest BCUT2D eigenvalue weighted by atomic mass is 9.93. The summed E-state index contributed by atoms with van der Waals surface area (Å²) in [7, 11) is 0. The molecule has 1 aromatic carbocycles. The lowest BCUT2D eigenvalue weighted by Gasteiger charge is -2.31. The minimum Gasteiger partial charge on any atom is -0.394 e. The second kappa shape index (κ2) is 7.18. The van der Waals surface area contributed by atoms with Crippen LogP contribution in [0.2, 0.25) is 0 Å². The normalized spacial score (nSPS) is 20.8. The van der Waals surface area contributed by atoms with Crippen molar-refractivity contribution in [2.75, 3.05) is 32.8 Å². The molecule has 1 saturated heterocycles. The molecule has 112 valence electrons. The quantitative estimate of drug-likeness (QED) is 0.695. The first kappa shape index (κ1) is 15.4. The van der Waals surface area contributed by atoms with E-state index in [1.807, 2.05) is 37.3 Å². The first-order valence-electron chi connectivity index (χ1n) is 7.46. The third kappa shape index (κ3) is 4.03. The zero-order chi connectivity index (χ0) is 14.4. The molecule has 0 bridgehead atoms. The summed E-state index contributed by atoms with van der Waals surface area (Å²) in [4.78, 5) is 2.30. The number of aliphatic hydroxyl groups excluding tert-OH is 2. The van der Waals surface area contributed by atoms with Crippen LogP contribution in [0.4, 0.5) is 0 Å². The van der Waals surface area contributed by atoms with Crippen molar-refractivity contribution in [3.05, 3.63) is 35.9 Å². The number of hydrogen-bond donors (Lipinski definition) is 3. The van der Waals surface area contributed by atoms with E-state index in [0.29, 0.717) is 13.1 Å². The first-order valence-corrected chi connectivity index (χ1v) is 7.46. The van der Waals surface area contributed by atoms with Gasteiger partial charge in [0.15, 0.2) is 0 Å². The van der Waals surface area contributed by atoms with Crippen LogP contribution in [0.1, 0.15) is 25.3 Å². The molecule has 1 aliphatic rings. The van der Waals surface area contributed by atoms with E-state index in [1.54, 1.807) is 0 Å². The number of benzene rings is 1. The minimum absolute atomic E-state index is 0.00739. The van der Waals surface area contributed by atoms with Gasteiger partial charge < -0.3 is 20.4 Å². The molecule has 4 nitrogen and oxygen atoms in total. The summed E-state index contributed by atoms with van der Waals surface area (Å²) in [6.45, 7) is 5.35. The monoisotopic (exact) mass is 278 g/mol. The van der Waals surface area contributed by atoms with Gasteiger partial charge in [-0.25, -0.2) is 0 Å². The van der Waals surface area contributed by atoms with E-state index >= 15 is 0 Å². The SMILES string of the molecule is CC(CO)(NCC(O)CN1CCCC1)c1ccccc1. The molecule has 4 heteroatoms. The van der Waals surface area contributed by atoms with Crippen molar-refractivity contribution in [3.8, 4) is 0 Å². The predicted octanol–water partition coefficient (Wildman–Crippen LogP) is 0.940. The summed E-state index contributed by atoms with van der Waals surface area (Å²) in [6.07, 6.45) is 2.07. The Morgan fingerprint density at radius 1 is 1.25 bits per heavy atom. The number of likely N-dealkylation sites (tertiary alicyclic amines) is 1. The fourth-order valence-electron chi connectivity index (χ4n) is 2.73. The van der Waals surface area contributed by atoms with Crippen LogP contribution in [0.25, 0.3) is 0 Å². The summed E-state index contributed by atoms with van der Waals surface area (Å²) in [6, 6.07) is 9.88. The predicted molar refractivity (Wildman–Crippen MR) is 80.6 cm³/mol. The summed E-state index contributed by atoms with van der Waals surface area (Å²) >= 11 is 0. The lowest BCUT2D eigenvalue weighted by molar-refractivity contribution is 0.0998. The summed E-state index contributed by atoms with van der Waals surface area (Å²) in [5, 5.41) is 23.1.